The highest BCUT2D eigenvalue weighted by Crippen LogP contribution is 2.24. The second-order valence-corrected chi connectivity index (χ2v) is 4.77. The quantitative estimate of drug-likeness (QED) is 0.806. The largest absolute Gasteiger partial charge is 0.317 e. The van der Waals surface area contributed by atoms with Crippen LogP contribution in [-0.4, -0.2) is 22.9 Å². The molecule has 0 aliphatic carbocycles. The van der Waals surface area contributed by atoms with Crippen molar-refractivity contribution in [2.75, 3.05) is 13.1 Å². The standard InChI is InChI=1S/C12H21N3/c1-9(2)12-8-14-15(10(12)3)11-4-6-13-7-5-11/h8-9,11,13H,4-7H2,1-3H3. The topological polar surface area (TPSA) is 29.9 Å². The van der Waals surface area contributed by atoms with Crippen molar-refractivity contribution >= 4 is 0 Å². The van der Waals surface area contributed by atoms with Gasteiger partial charge in [-0.15, -0.1) is 0 Å². The SMILES string of the molecule is Cc1c(C(C)C)cnn1C1CCNCC1. The Morgan fingerprint density at radius 3 is 2.60 bits per heavy atom. The number of rotatable bonds is 2. The first-order valence-electron chi connectivity index (χ1n) is 5.95. The Balaban J connectivity index is 2.20. The van der Waals surface area contributed by atoms with Crippen LogP contribution in [0.4, 0.5) is 0 Å². The highest BCUT2D eigenvalue weighted by molar-refractivity contribution is 5.20. The van der Waals surface area contributed by atoms with Crippen molar-refractivity contribution in [3.63, 3.8) is 0 Å². The Morgan fingerprint density at radius 1 is 1.40 bits per heavy atom. The van der Waals surface area contributed by atoms with Gasteiger partial charge in [-0.1, -0.05) is 13.8 Å². The molecule has 1 aromatic heterocycles. The average molecular weight is 207 g/mol. The Bertz CT molecular complexity index is 322. The molecule has 0 atom stereocenters. The smallest absolute Gasteiger partial charge is 0.0546 e. The van der Waals surface area contributed by atoms with E-state index < -0.39 is 0 Å². The lowest BCUT2D eigenvalue weighted by atomic mass is 10.0. The molecule has 1 saturated heterocycles. The van der Waals surface area contributed by atoms with Gasteiger partial charge in [-0.05, 0) is 44.3 Å². The third-order valence-electron chi connectivity index (χ3n) is 3.36. The monoisotopic (exact) mass is 207 g/mol. The van der Waals surface area contributed by atoms with Crippen LogP contribution in [0.1, 0.15) is 49.9 Å². The van der Waals surface area contributed by atoms with E-state index in [-0.39, 0.29) is 0 Å². The van der Waals surface area contributed by atoms with E-state index in [1.807, 2.05) is 6.20 Å². The summed E-state index contributed by atoms with van der Waals surface area (Å²) in [5.74, 6) is 0.584. The lowest BCUT2D eigenvalue weighted by Gasteiger charge is -2.24. The highest BCUT2D eigenvalue weighted by atomic mass is 15.3. The Hall–Kier alpha value is -0.830. The maximum Gasteiger partial charge on any atom is 0.0546 e. The van der Waals surface area contributed by atoms with E-state index in [1.54, 1.807) is 0 Å². The minimum absolute atomic E-state index is 0.584. The van der Waals surface area contributed by atoms with Crippen molar-refractivity contribution < 1.29 is 0 Å². The van der Waals surface area contributed by atoms with Crippen molar-refractivity contribution in [3.8, 4) is 0 Å². The lowest BCUT2D eigenvalue weighted by molar-refractivity contribution is 0.338. The predicted molar refractivity (Wildman–Crippen MR) is 62.2 cm³/mol. The van der Waals surface area contributed by atoms with Gasteiger partial charge in [-0.25, -0.2) is 0 Å². The second kappa shape index (κ2) is 4.35. The molecule has 0 unspecified atom stereocenters. The van der Waals surface area contributed by atoms with Gasteiger partial charge in [-0.2, -0.15) is 5.10 Å². The fourth-order valence-corrected chi connectivity index (χ4v) is 2.42. The van der Waals surface area contributed by atoms with Gasteiger partial charge in [0.25, 0.3) is 0 Å². The summed E-state index contributed by atoms with van der Waals surface area (Å²) < 4.78 is 2.23. The fraction of sp³-hybridized carbons (Fsp3) is 0.750. The zero-order chi connectivity index (χ0) is 10.8. The van der Waals surface area contributed by atoms with Crippen LogP contribution in [0.3, 0.4) is 0 Å². The van der Waals surface area contributed by atoms with E-state index in [1.165, 1.54) is 24.1 Å². The molecular weight excluding hydrogens is 186 g/mol. The molecule has 15 heavy (non-hydrogen) atoms. The summed E-state index contributed by atoms with van der Waals surface area (Å²) in [7, 11) is 0. The Morgan fingerprint density at radius 2 is 2.07 bits per heavy atom. The molecule has 0 amide bonds. The summed E-state index contributed by atoms with van der Waals surface area (Å²) >= 11 is 0. The zero-order valence-electron chi connectivity index (χ0n) is 9.95. The fourth-order valence-electron chi connectivity index (χ4n) is 2.42. The van der Waals surface area contributed by atoms with Crippen LogP contribution in [0.2, 0.25) is 0 Å². The molecule has 2 rings (SSSR count). The molecule has 3 nitrogen and oxygen atoms in total. The normalized spacial score (nSPS) is 18.7. The van der Waals surface area contributed by atoms with Gasteiger partial charge in [0.2, 0.25) is 0 Å². The minimum atomic E-state index is 0.584. The maximum absolute atomic E-state index is 4.55. The van der Waals surface area contributed by atoms with Crippen molar-refractivity contribution in [2.45, 2.75) is 45.6 Å². The Labute approximate surface area is 91.9 Å². The number of nitrogens with zero attached hydrogens (tertiary/aromatic N) is 2. The molecular formula is C12H21N3. The minimum Gasteiger partial charge on any atom is -0.317 e. The average Bonchev–Trinajstić information content (AvgIpc) is 2.61. The molecule has 1 aliphatic heterocycles. The van der Waals surface area contributed by atoms with Crippen molar-refractivity contribution in [1.29, 1.82) is 0 Å². The van der Waals surface area contributed by atoms with Crippen LogP contribution in [0.15, 0.2) is 6.20 Å². The summed E-state index contributed by atoms with van der Waals surface area (Å²) in [4.78, 5) is 0. The molecule has 1 aliphatic rings. The number of nitrogens with one attached hydrogen (secondary N) is 1. The summed E-state index contributed by atoms with van der Waals surface area (Å²) in [6.07, 6.45) is 4.46. The van der Waals surface area contributed by atoms with Gasteiger partial charge < -0.3 is 5.32 Å². The summed E-state index contributed by atoms with van der Waals surface area (Å²) in [6, 6.07) is 0.610. The number of hydrogen-bond donors (Lipinski definition) is 1. The van der Waals surface area contributed by atoms with Crippen molar-refractivity contribution in [2.24, 2.45) is 0 Å². The van der Waals surface area contributed by atoms with Gasteiger partial charge in [0.05, 0.1) is 12.2 Å². The second-order valence-electron chi connectivity index (χ2n) is 4.77. The first-order chi connectivity index (χ1) is 7.20. The number of aromatic nitrogens is 2. The van der Waals surface area contributed by atoms with Crippen molar-refractivity contribution in [1.82, 2.24) is 15.1 Å². The van der Waals surface area contributed by atoms with Gasteiger partial charge >= 0.3 is 0 Å². The molecule has 0 bridgehead atoms. The molecule has 2 heterocycles. The van der Waals surface area contributed by atoms with E-state index in [0.717, 1.165) is 13.1 Å². The van der Waals surface area contributed by atoms with Crippen LogP contribution in [-0.2, 0) is 0 Å². The van der Waals surface area contributed by atoms with Gasteiger partial charge in [-0.3, -0.25) is 4.68 Å². The van der Waals surface area contributed by atoms with Crippen LogP contribution < -0.4 is 5.32 Å². The number of piperidine rings is 1. The summed E-state index contributed by atoms with van der Waals surface area (Å²) in [5, 5.41) is 7.94. The van der Waals surface area contributed by atoms with E-state index in [0.29, 0.717) is 12.0 Å². The molecule has 1 N–H and O–H groups in total. The first kappa shape index (κ1) is 10.7. The van der Waals surface area contributed by atoms with Gasteiger partial charge in [0.15, 0.2) is 0 Å². The molecule has 0 radical (unpaired) electrons. The summed E-state index contributed by atoms with van der Waals surface area (Å²) in [6.45, 7) is 8.92. The van der Waals surface area contributed by atoms with E-state index in [9.17, 15) is 0 Å². The molecule has 3 heteroatoms. The molecule has 0 spiro atoms. The maximum atomic E-state index is 4.55. The van der Waals surface area contributed by atoms with Crippen molar-refractivity contribution in [3.05, 3.63) is 17.5 Å². The molecule has 1 aromatic rings. The summed E-state index contributed by atoms with van der Waals surface area (Å²) in [5.41, 5.74) is 2.76. The van der Waals surface area contributed by atoms with E-state index >= 15 is 0 Å². The highest BCUT2D eigenvalue weighted by Gasteiger charge is 2.19. The zero-order valence-corrected chi connectivity index (χ0v) is 9.95. The van der Waals surface area contributed by atoms with Crippen LogP contribution in [0.25, 0.3) is 0 Å². The Kier molecular flexibility index (Phi) is 3.10. The van der Waals surface area contributed by atoms with Gasteiger partial charge in [0.1, 0.15) is 0 Å². The number of hydrogen-bond acceptors (Lipinski definition) is 2. The molecule has 84 valence electrons. The first-order valence-corrected chi connectivity index (χ1v) is 5.95. The third kappa shape index (κ3) is 2.07. The third-order valence-corrected chi connectivity index (χ3v) is 3.36. The van der Waals surface area contributed by atoms with Crippen LogP contribution >= 0.6 is 0 Å². The molecule has 0 saturated carbocycles. The predicted octanol–water partition coefficient (Wildman–Crippen LogP) is 2.24. The van der Waals surface area contributed by atoms with Crippen LogP contribution in [0, 0.1) is 6.92 Å². The van der Waals surface area contributed by atoms with E-state index in [2.05, 4.69) is 35.9 Å². The lowest BCUT2D eigenvalue weighted by Crippen LogP contribution is -2.30. The molecule has 0 aromatic carbocycles. The van der Waals surface area contributed by atoms with E-state index in [4.69, 9.17) is 0 Å². The van der Waals surface area contributed by atoms with Crippen LogP contribution in [0.5, 0.6) is 0 Å². The molecule has 1 fully saturated rings. The van der Waals surface area contributed by atoms with Gasteiger partial charge in [0, 0.05) is 5.69 Å².